The van der Waals surface area contributed by atoms with Crippen molar-refractivity contribution in [3.05, 3.63) is 48.6 Å². The quantitative estimate of drug-likeness (QED) is 0.0284. The molecule has 0 rings (SSSR count). The van der Waals surface area contributed by atoms with E-state index in [9.17, 15) is 19.5 Å². The largest absolute Gasteiger partial charge is 0.477 e. The maximum Gasteiger partial charge on any atom is 0.362 e. The molecule has 0 aromatic carbocycles. The lowest BCUT2D eigenvalue weighted by atomic mass is 10.0. The van der Waals surface area contributed by atoms with Gasteiger partial charge in [-0.3, -0.25) is 9.59 Å². The molecule has 0 heterocycles. The molecule has 57 heavy (non-hydrogen) atoms. The molecule has 2 atom stereocenters. The molecule has 330 valence electrons. The summed E-state index contributed by atoms with van der Waals surface area (Å²) in [6.07, 6.45) is 47.4. The number of unbranched alkanes of at least 4 members (excludes halogenated alkanes) is 22. The number of hydrogen-bond acceptors (Lipinski definition) is 6. The molecular weight excluding hydrogens is 715 g/mol. The standard InChI is InChI=1S/C49H87NO7/c1-6-8-10-12-14-16-18-20-21-22-23-24-25-26-28-30-32-34-36-38-40-48(52)57-45(43-55-42-41-46(49(53)54)50(3,4)5)44-56-47(51)39-37-35-33-31-29-27-19-17-15-13-11-9-7-2/h9,11,13,15,17,19,27,29,45-46H,6-8,10,12,14,16,18,20-26,28,30-44H2,1-5H3/p+1/b11-9+,15-13+,19-17+,29-27+. The Hall–Kier alpha value is -2.71. The van der Waals surface area contributed by atoms with Crippen molar-refractivity contribution in [2.24, 2.45) is 0 Å². The molecule has 0 amide bonds. The fourth-order valence-corrected chi connectivity index (χ4v) is 6.75. The van der Waals surface area contributed by atoms with Gasteiger partial charge >= 0.3 is 17.9 Å². The van der Waals surface area contributed by atoms with E-state index in [1.807, 2.05) is 57.6 Å². The molecule has 8 heteroatoms. The predicted molar refractivity (Wildman–Crippen MR) is 238 cm³/mol. The van der Waals surface area contributed by atoms with Crippen LogP contribution in [0, 0.1) is 0 Å². The highest BCUT2D eigenvalue weighted by Gasteiger charge is 2.31. The molecule has 1 N–H and O–H groups in total. The molecule has 0 aliphatic rings. The van der Waals surface area contributed by atoms with Crippen LogP contribution in [0.25, 0.3) is 0 Å². The van der Waals surface area contributed by atoms with Gasteiger partial charge in [0.25, 0.3) is 0 Å². The van der Waals surface area contributed by atoms with Gasteiger partial charge in [0, 0.05) is 19.3 Å². The zero-order valence-electron chi connectivity index (χ0n) is 37.5. The molecule has 0 radical (unpaired) electrons. The SMILES string of the molecule is CC/C=C/C=C/C=C/C=C/CCCCCC(=O)OCC(COCCC(C(=O)O)[N+](C)(C)C)OC(=O)CCCCCCCCCCCCCCCCCCCCCC. The first-order valence-electron chi connectivity index (χ1n) is 23.2. The number of quaternary nitrogens is 1. The maximum atomic E-state index is 12.7. The van der Waals surface area contributed by atoms with E-state index in [1.165, 1.54) is 109 Å². The number of rotatable bonds is 41. The van der Waals surface area contributed by atoms with Crippen LogP contribution in [0.15, 0.2) is 48.6 Å². The summed E-state index contributed by atoms with van der Waals surface area (Å²) in [7, 11) is 5.52. The molecule has 0 aromatic rings. The van der Waals surface area contributed by atoms with Crippen molar-refractivity contribution in [1.82, 2.24) is 0 Å². The number of ether oxygens (including phenoxy) is 3. The third-order valence-electron chi connectivity index (χ3n) is 10.3. The highest BCUT2D eigenvalue weighted by Crippen LogP contribution is 2.16. The van der Waals surface area contributed by atoms with Crippen LogP contribution in [-0.4, -0.2) is 80.6 Å². The van der Waals surface area contributed by atoms with Crippen molar-refractivity contribution in [3.8, 4) is 0 Å². The smallest absolute Gasteiger partial charge is 0.362 e. The Morgan fingerprint density at radius 3 is 1.46 bits per heavy atom. The Balaban J connectivity index is 4.30. The maximum absolute atomic E-state index is 12.7. The minimum atomic E-state index is -0.880. The zero-order valence-corrected chi connectivity index (χ0v) is 37.5. The number of allylic oxidation sites excluding steroid dienone is 8. The fourth-order valence-electron chi connectivity index (χ4n) is 6.75. The van der Waals surface area contributed by atoms with Crippen LogP contribution in [0.5, 0.6) is 0 Å². The second kappa shape index (κ2) is 40.1. The minimum Gasteiger partial charge on any atom is -0.477 e. The lowest BCUT2D eigenvalue weighted by Crippen LogP contribution is -2.50. The average molecular weight is 803 g/mol. The number of aliphatic carboxylic acids is 1. The lowest BCUT2D eigenvalue weighted by molar-refractivity contribution is -0.887. The zero-order chi connectivity index (χ0) is 42.1. The number of likely N-dealkylation sites (N-methyl/N-ethyl adjacent to an activating group) is 1. The first kappa shape index (κ1) is 54.3. The number of hydrogen-bond donors (Lipinski definition) is 1. The van der Waals surface area contributed by atoms with Gasteiger partial charge in [0.15, 0.2) is 12.1 Å². The average Bonchev–Trinajstić information content (AvgIpc) is 3.17. The molecular formula is C49H88NO7+. The summed E-state index contributed by atoms with van der Waals surface area (Å²) in [6.45, 7) is 4.57. The first-order chi connectivity index (χ1) is 27.6. The van der Waals surface area contributed by atoms with Gasteiger partial charge in [-0.05, 0) is 32.1 Å². The monoisotopic (exact) mass is 803 g/mol. The Morgan fingerprint density at radius 1 is 0.544 bits per heavy atom. The summed E-state index contributed by atoms with van der Waals surface area (Å²) in [5.74, 6) is -1.51. The van der Waals surface area contributed by atoms with Crippen LogP contribution in [0.3, 0.4) is 0 Å². The van der Waals surface area contributed by atoms with E-state index in [-0.39, 0.29) is 36.2 Å². The second-order valence-electron chi connectivity index (χ2n) is 16.7. The Labute approximate surface area is 350 Å². The van der Waals surface area contributed by atoms with Crippen molar-refractivity contribution >= 4 is 17.9 Å². The molecule has 0 saturated heterocycles. The molecule has 0 saturated carbocycles. The molecule has 2 unspecified atom stereocenters. The van der Waals surface area contributed by atoms with Crippen molar-refractivity contribution in [2.75, 3.05) is 41.0 Å². The van der Waals surface area contributed by atoms with E-state index in [0.29, 0.717) is 19.3 Å². The molecule has 0 aliphatic heterocycles. The normalized spacial score (nSPS) is 13.4. The summed E-state index contributed by atoms with van der Waals surface area (Å²) >= 11 is 0. The second-order valence-corrected chi connectivity index (χ2v) is 16.7. The number of carbonyl (C=O) groups is 3. The molecule has 0 fully saturated rings. The Kier molecular flexibility index (Phi) is 38.2. The van der Waals surface area contributed by atoms with Gasteiger partial charge in [-0.15, -0.1) is 0 Å². The topological polar surface area (TPSA) is 99.1 Å². The first-order valence-corrected chi connectivity index (χ1v) is 23.2. The van der Waals surface area contributed by atoms with E-state index in [0.717, 1.165) is 51.4 Å². The molecule has 0 aromatic heterocycles. The fraction of sp³-hybridized carbons (Fsp3) is 0.776. The van der Waals surface area contributed by atoms with Crippen molar-refractivity contribution in [1.29, 1.82) is 0 Å². The van der Waals surface area contributed by atoms with E-state index in [4.69, 9.17) is 14.2 Å². The van der Waals surface area contributed by atoms with Gasteiger partial charge in [0.05, 0.1) is 34.4 Å². The van der Waals surface area contributed by atoms with Crippen LogP contribution >= 0.6 is 0 Å². The van der Waals surface area contributed by atoms with Crippen LogP contribution in [0.4, 0.5) is 0 Å². The summed E-state index contributed by atoms with van der Waals surface area (Å²) < 4.78 is 17.3. The van der Waals surface area contributed by atoms with E-state index < -0.39 is 18.1 Å². The van der Waals surface area contributed by atoms with Gasteiger partial charge in [-0.2, -0.15) is 0 Å². The number of carbonyl (C=O) groups excluding carboxylic acids is 2. The van der Waals surface area contributed by atoms with Crippen molar-refractivity contribution in [2.45, 2.75) is 206 Å². The highest BCUT2D eigenvalue weighted by atomic mass is 16.6. The van der Waals surface area contributed by atoms with Crippen molar-refractivity contribution < 1.29 is 38.2 Å². The predicted octanol–water partition coefficient (Wildman–Crippen LogP) is 12.8. The number of carboxylic acids is 1. The third kappa shape index (κ3) is 38.6. The summed E-state index contributed by atoms with van der Waals surface area (Å²) in [5.41, 5.74) is 0. The van der Waals surface area contributed by atoms with E-state index in [1.54, 1.807) is 0 Å². The highest BCUT2D eigenvalue weighted by molar-refractivity contribution is 5.72. The molecule has 0 spiro atoms. The van der Waals surface area contributed by atoms with Crippen LogP contribution < -0.4 is 0 Å². The lowest BCUT2D eigenvalue weighted by Gasteiger charge is -2.31. The van der Waals surface area contributed by atoms with Gasteiger partial charge in [0.2, 0.25) is 0 Å². The van der Waals surface area contributed by atoms with Gasteiger partial charge < -0.3 is 23.8 Å². The van der Waals surface area contributed by atoms with Crippen LogP contribution in [0.1, 0.15) is 194 Å². The number of carboxylic acid groups (broad SMARTS) is 1. The van der Waals surface area contributed by atoms with Gasteiger partial charge in [0.1, 0.15) is 6.61 Å². The van der Waals surface area contributed by atoms with Crippen LogP contribution in [-0.2, 0) is 28.6 Å². The van der Waals surface area contributed by atoms with Crippen molar-refractivity contribution in [3.63, 3.8) is 0 Å². The summed E-state index contributed by atoms with van der Waals surface area (Å²) in [5, 5.41) is 9.62. The summed E-state index contributed by atoms with van der Waals surface area (Å²) in [6, 6.07) is -0.620. The molecule has 0 bridgehead atoms. The van der Waals surface area contributed by atoms with Crippen LogP contribution in [0.2, 0.25) is 0 Å². The summed E-state index contributed by atoms with van der Waals surface area (Å²) in [4.78, 5) is 37.0. The third-order valence-corrected chi connectivity index (χ3v) is 10.3. The van der Waals surface area contributed by atoms with E-state index in [2.05, 4.69) is 26.0 Å². The number of esters is 2. The minimum absolute atomic E-state index is 0.0494. The van der Waals surface area contributed by atoms with Gasteiger partial charge in [-0.1, -0.05) is 191 Å². The molecule has 0 aliphatic carbocycles. The Bertz CT molecular complexity index is 1070. The van der Waals surface area contributed by atoms with E-state index >= 15 is 0 Å². The molecule has 8 nitrogen and oxygen atoms in total. The van der Waals surface area contributed by atoms with Gasteiger partial charge in [-0.25, -0.2) is 4.79 Å². The number of nitrogens with zero attached hydrogens (tertiary/aromatic N) is 1. The Morgan fingerprint density at radius 2 is 0.982 bits per heavy atom.